The van der Waals surface area contributed by atoms with Crippen molar-refractivity contribution >= 4 is 5.91 Å². The molecule has 0 bridgehead atoms. The zero-order valence-corrected chi connectivity index (χ0v) is 15.7. The van der Waals surface area contributed by atoms with Gasteiger partial charge in [0, 0.05) is 25.4 Å². The number of fused-ring (bicyclic) bond motifs is 1. The zero-order chi connectivity index (χ0) is 18.5. The Labute approximate surface area is 159 Å². The number of nitrogens with zero attached hydrogens (tertiary/aromatic N) is 3. The lowest BCUT2D eigenvalue weighted by atomic mass is 9.83. The molecule has 1 N–H and O–H groups in total. The summed E-state index contributed by atoms with van der Waals surface area (Å²) in [6, 6.07) is 4.25. The molecule has 2 fully saturated rings. The van der Waals surface area contributed by atoms with E-state index in [1.54, 1.807) is 18.4 Å². The molecule has 1 amide bonds. The van der Waals surface area contributed by atoms with Crippen molar-refractivity contribution < 1.29 is 13.7 Å². The van der Waals surface area contributed by atoms with Crippen LogP contribution in [-0.2, 0) is 11.2 Å². The average Bonchev–Trinajstić information content (AvgIpc) is 3.38. The predicted octanol–water partition coefficient (Wildman–Crippen LogP) is 3.03. The van der Waals surface area contributed by atoms with Gasteiger partial charge in [0.15, 0.2) is 5.76 Å². The number of nitrogens with one attached hydrogen (secondary N) is 1. The van der Waals surface area contributed by atoms with Gasteiger partial charge in [0.05, 0.1) is 6.26 Å². The monoisotopic (exact) mass is 372 g/mol. The van der Waals surface area contributed by atoms with E-state index >= 15 is 0 Å². The maximum absolute atomic E-state index is 12.2. The van der Waals surface area contributed by atoms with Gasteiger partial charge in [-0.25, -0.2) is 0 Å². The molecule has 0 unspecified atom stereocenters. The molecule has 0 aromatic carbocycles. The van der Waals surface area contributed by atoms with E-state index in [9.17, 15) is 4.79 Å². The van der Waals surface area contributed by atoms with Gasteiger partial charge in [-0.2, -0.15) is 4.98 Å². The highest BCUT2D eigenvalue weighted by Crippen LogP contribution is 2.30. The fraction of sp³-hybridized carbons (Fsp3) is 0.650. The molecule has 7 nitrogen and oxygen atoms in total. The molecule has 146 valence electrons. The summed E-state index contributed by atoms with van der Waals surface area (Å²) < 4.78 is 10.5. The van der Waals surface area contributed by atoms with Crippen LogP contribution in [0.2, 0.25) is 0 Å². The van der Waals surface area contributed by atoms with Gasteiger partial charge < -0.3 is 19.2 Å². The van der Waals surface area contributed by atoms with Crippen LogP contribution < -0.4 is 5.32 Å². The topological polar surface area (TPSA) is 84.4 Å². The normalized spacial score (nSPS) is 23.1. The number of hydrogen-bond donors (Lipinski definition) is 1. The number of rotatable bonds is 7. The Hall–Kier alpha value is -2.15. The minimum atomic E-state index is 0.119. The fourth-order valence-electron chi connectivity index (χ4n) is 4.41. The van der Waals surface area contributed by atoms with Crippen LogP contribution in [0.1, 0.15) is 50.8 Å². The smallest absolute Gasteiger partial charge is 0.238 e. The van der Waals surface area contributed by atoms with E-state index in [1.807, 2.05) is 0 Å². The number of furan rings is 1. The molecular formula is C20H28N4O3. The molecule has 7 heteroatoms. The largest absolute Gasteiger partial charge is 0.461 e. The third-order valence-corrected chi connectivity index (χ3v) is 5.79. The Morgan fingerprint density at radius 2 is 2.19 bits per heavy atom. The number of carbonyl (C=O) groups is 1. The summed E-state index contributed by atoms with van der Waals surface area (Å²) in [5.74, 6) is 2.31. The SMILES string of the molecule is O=C(CCCc1nc(-c2ccco2)no1)NC[C@H]1CCCN2CCCC[C@@H]12. The van der Waals surface area contributed by atoms with Crippen molar-refractivity contribution in [3.8, 4) is 11.6 Å². The average molecular weight is 372 g/mol. The third kappa shape index (κ3) is 4.58. The van der Waals surface area contributed by atoms with Crippen LogP contribution in [0.25, 0.3) is 11.6 Å². The first-order valence-corrected chi connectivity index (χ1v) is 10.2. The second kappa shape index (κ2) is 8.69. The van der Waals surface area contributed by atoms with E-state index in [0.717, 1.165) is 6.54 Å². The van der Waals surface area contributed by atoms with Crippen molar-refractivity contribution in [2.24, 2.45) is 5.92 Å². The van der Waals surface area contributed by atoms with Crippen molar-refractivity contribution in [2.75, 3.05) is 19.6 Å². The molecule has 2 atom stereocenters. The second-order valence-corrected chi connectivity index (χ2v) is 7.65. The van der Waals surface area contributed by atoms with Crippen molar-refractivity contribution in [1.29, 1.82) is 0 Å². The number of amides is 1. The highest BCUT2D eigenvalue weighted by molar-refractivity contribution is 5.75. The molecule has 2 saturated heterocycles. The Balaban J connectivity index is 1.18. The summed E-state index contributed by atoms with van der Waals surface area (Å²) in [5.41, 5.74) is 0. The number of carbonyl (C=O) groups excluding carboxylic acids is 1. The van der Waals surface area contributed by atoms with E-state index in [0.29, 0.717) is 48.7 Å². The molecule has 0 aliphatic carbocycles. The summed E-state index contributed by atoms with van der Waals surface area (Å²) >= 11 is 0. The van der Waals surface area contributed by atoms with Gasteiger partial charge in [-0.3, -0.25) is 4.79 Å². The van der Waals surface area contributed by atoms with Gasteiger partial charge >= 0.3 is 0 Å². The zero-order valence-electron chi connectivity index (χ0n) is 15.7. The fourth-order valence-corrected chi connectivity index (χ4v) is 4.41. The molecule has 4 rings (SSSR count). The maximum Gasteiger partial charge on any atom is 0.238 e. The molecule has 2 aliphatic heterocycles. The Kier molecular flexibility index (Phi) is 5.87. The molecule has 4 heterocycles. The van der Waals surface area contributed by atoms with E-state index < -0.39 is 0 Å². The Morgan fingerprint density at radius 3 is 3.07 bits per heavy atom. The molecule has 27 heavy (non-hydrogen) atoms. The first kappa shape index (κ1) is 18.2. The van der Waals surface area contributed by atoms with Gasteiger partial charge in [0.1, 0.15) is 0 Å². The van der Waals surface area contributed by atoms with E-state index in [4.69, 9.17) is 8.94 Å². The third-order valence-electron chi connectivity index (χ3n) is 5.79. The predicted molar refractivity (Wildman–Crippen MR) is 99.9 cm³/mol. The highest BCUT2D eigenvalue weighted by atomic mass is 16.5. The number of piperidine rings is 2. The van der Waals surface area contributed by atoms with Crippen LogP contribution in [-0.4, -0.2) is 46.6 Å². The lowest BCUT2D eigenvalue weighted by Gasteiger charge is -2.44. The summed E-state index contributed by atoms with van der Waals surface area (Å²) in [6.07, 6.45) is 9.80. The summed E-state index contributed by atoms with van der Waals surface area (Å²) in [5, 5.41) is 7.06. The van der Waals surface area contributed by atoms with Crippen molar-refractivity contribution in [2.45, 2.75) is 57.4 Å². The lowest BCUT2D eigenvalue weighted by Crippen LogP contribution is -2.50. The first-order valence-electron chi connectivity index (χ1n) is 10.2. The van der Waals surface area contributed by atoms with Crippen LogP contribution in [0, 0.1) is 5.92 Å². The van der Waals surface area contributed by atoms with Gasteiger partial charge in [-0.15, -0.1) is 0 Å². The van der Waals surface area contributed by atoms with Crippen molar-refractivity contribution in [3.05, 3.63) is 24.3 Å². The van der Waals surface area contributed by atoms with Crippen molar-refractivity contribution in [1.82, 2.24) is 20.4 Å². The van der Waals surface area contributed by atoms with Gasteiger partial charge in [-0.05, 0) is 63.2 Å². The van der Waals surface area contributed by atoms with Gasteiger partial charge in [0.25, 0.3) is 0 Å². The Morgan fingerprint density at radius 1 is 1.26 bits per heavy atom. The van der Waals surface area contributed by atoms with Gasteiger partial charge in [0.2, 0.25) is 17.6 Å². The maximum atomic E-state index is 12.2. The lowest BCUT2D eigenvalue weighted by molar-refractivity contribution is -0.121. The summed E-state index contributed by atoms with van der Waals surface area (Å²) in [6.45, 7) is 3.28. The van der Waals surface area contributed by atoms with Crippen LogP contribution in [0.3, 0.4) is 0 Å². The Bertz CT molecular complexity index is 725. The highest BCUT2D eigenvalue weighted by Gasteiger charge is 2.32. The summed E-state index contributed by atoms with van der Waals surface area (Å²) in [7, 11) is 0. The van der Waals surface area contributed by atoms with E-state index in [2.05, 4.69) is 20.4 Å². The minimum absolute atomic E-state index is 0.119. The first-order chi connectivity index (χ1) is 13.3. The molecule has 0 spiro atoms. The molecule has 2 aromatic rings. The second-order valence-electron chi connectivity index (χ2n) is 7.65. The number of aryl methyl sites for hydroxylation is 1. The minimum Gasteiger partial charge on any atom is -0.461 e. The molecule has 0 saturated carbocycles. The molecular weight excluding hydrogens is 344 g/mol. The van der Waals surface area contributed by atoms with E-state index in [1.165, 1.54) is 45.2 Å². The standard InChI is InChI=1S/C20H28N4O3/c25-18(21-14-15-6-4-12-24-11-2-1-7-16(15)24)9-3-10-19-22-20(23-27-19)17-8-5-13-26-17/h5,8,13,15-16H,1-4,6-7,9-12,14H2,(H,21,25)/t15-,16+/m1/s1. The van der Waals surface area contributed by atoms with Gasteiger partial charge in [-0.1, -0.05) is 11.6 Å². The summed E-state index contributed by atoms with van der Waals surface area (Å²) in [4.78, 5) is 19.2. The van der Waals surface area contributed by atoms with Crippen LogP contribution in [0.5, 0.6) is 0 Å². The van der Waals surface area contributed by atoms with Crippen LogP contribution in [0.15, 0.2) is 27.3 Å². The number of hydrogen-bond acceptors (Lipinski definition) is 6. The molecule has 2 aliphatic rings. The quantitative estimate of drug-likeness (QED) is 0.804. The van der Waals surface area contributed by atoms with E-state index in [-0.39, 0.29) is 5.91 Å². The number of aromatic nitrogens is 2. The molecule has 0 radical (unpaired) electrons. The van der Waals surface area contributed by atoms with Crippen LogP contribution in [0.4, 0.5) is 0 Å². The van der Waals surface area contributed by atoms with Crippen LogP contribution >= 0.6 is 0 Å². The van der Waals surface area contributed by atoms with Crippen molar-refractivity contribution in [3.63, 3.8) is 0 Å². The molecule has 2 aromatic heterocycles.